The molecule has 0 aliphatic carbocycles. The number of hydrogen-bond acceptors (Lipinski definition) is 4. The molecule has 0 bridgehead atoms. The van der Waals surface area contributed by atoms with Crippen molar-refractivity contribution >= 4 is 11.9 Å². The summed E-state index contributed by atoms with van der Waals surface area (Å²) < 4.78 is 10.1. The lowest BCUT2D eigenvalue weighted by atomic mass is 10.1. The SMILES string of the molecule is C#CC(C)OC(=O)CCCC(=O)OCCCCCCCCCCCCC. The van der Waals surface area contributed by atoms with Gasteiger partial charge in [-0.3, -0.25) is 9.59 Å². The molecule has 0 aliphatic heterocycles. The molecular weight excluding hydrogens is 328 g/mol. The highest BCUT2D eigenvalue weighted by molar-refractivity contribution is 5.72. The molecule has 1 atom stereocenters. The molecule has 0 aromatic rings. The topological polar surface area (TPSA) is 52.6 Å². The van der Waals surface area contributed by atoms with E-state index in [2.05, 4.69) is 12.8 Å². The fourth-order valence-electron chi connectivity index (χ4n) is 2.69. The Hall–Kier alpha value is -1.50. The van der Waals surface area contributed by atoms with E-state index in [1.165, 1.54) is 57.8 Å². The summed E-state index contributed by atoms with van der Waals surface area (Å²) in [7, 11) is 0. The Kier molecular flexibility index (Phi) is 17.2. The van der Waals surface area contributed by atoms with Crippen molar-refractivity contribution in [3.8, 4) is 12.3 Å². The van der Waals surface area contributed by atoms with Crippen LogP contribution in [-0.2, 0) is 19.1 Å². The van der Waals surface area contributed by atoms with Crippen molar-refractivity contribution in [1.82, 2.24) is 0 Å². The van der Waals surface area contributed by atoms with Crippen molar-refractivity contribution < 1.29 is 19.1 Å². The Morgan fingerprint density at radius 2 is 1.31 bits per heavy atom. The van der Waals surface area contributed by atoms with Crippen molar-refractivity contribution in [2.75, 3.05) is 6.61 Å². The predicted octanol–water partition coefficient (Wildman–Crippen LogP) is 5.58. The Morgan fingerprint density at radius 1 is 0.808 bits per heavy atom. The molecule has 26 heavy (non-hydrogen) atoms. The fourth-order valence-corrected chi connectivity index (χ4v) is 2.69. The minimum absolute atomic E-state index is 0.194. The number of unbranched alkanes of at least 4 members (excludes halogenated alkanes) is 10. The summed E-state index contributed by atoms with van der Waals surface area (Å²) in [4.78, 5) is 23.0. The first kappa shape index (κ1) is 24.5. The number of carbonyl (C=O) groups is 2. The van der Waals surface area contributed by atoms with Crippen molar-refractivity contribution in [2.45, 2.75) is 110 Å². The molecule has 4 nitrogen and oxygen atoms in total. The summed E-state index contributed by atoms with van der Waals surface area (Å²) in [6.45, 7) is 4.37. The van der Waals surface area contributed by atoms with Crippen LogP contribution in [0.3, 0.4) is 0 Å². The van der Waals surface area contributed by atoms with Gasteiger partial charge in [-0.05, 0) is 19.8 Å². The third-order valence-corrected chi connectivity index (χ3v) is 4.32. The van der Waals surface area contributed by atoms with Crippen LogP contribution in [0.1, 0.15) is 104 Å². The van der Waals surface area contributed by atoms with Gasteiger partial charge in [0.15, 0.2) is 6.10 Å². The second kappa shape index (κ2) is 18.3. The molecular formula is C22H38O4. The first-order chi connectivity index (χ1) is 12.6. The van der Waals surface area contributed by atoms with E-state index in [-0.39, 0.29) is 24.8 Å². The number of ether oxygens (including phenoxy) is 2. The van der Waals surface area contributed by atoms with Gasteiger partial charge < -0.3 is 9.47 Å². The molecule has 0 radical (unpaired) electrons. The zero-order valence-corrected chi connectivity index (χ0v) is 16.9. The van der Waals surface area contributed by atoms with Gasteiger partial charge in [-0.25, -0.2) is 0 Å². The highest BCUT2D eigenvalue weighted by Crippen LogP contribution is 2.11. The maximum atomic E-state index is 11.6. The van der Waals surface area contributed by atoms with E-state index in [1.54, 1.807) is 6.92 Å². The van der Waals surface area contributed by atoms with Crippen LogP contribution in [0.2, 0.25) is 0 Å². The third-order valence-electron chi connectivity index (χ3n) is 4.32. The van der Waals surface area contributed by atoms with Gasteiger partial charge >= 0.3 is 11.9 Å². The zero-order valence-electron chi connectivity index (χ0n) is 16.9. The van der Waals surface area contributed by atoms with E-state index in [1.807, 2.05) is 0 Å². The van der Waals surface area contributed by atoms with E-state index >= 15 is 0 Å². The van der Waals surface area contributed by atoms with Crippen molar-refractivity contribution in [3.05, 3.63) is 0 Å². The molecule has 0 heterocycles. The highest BCUT2D eigenvalue weighted by Gasteiger charge is 2.09. The zero-order chi connectivity index (χ0) is 19.5. The van der Waals surface area contributed by atoms with E-state index < -0.39 is 6.10 Å². The quantitative estimate of drug-likeness (QED) is 0.192. The lowest BCUT2D eigenvalue weighted by molar-refractivity contribution is -0.146. The van der Waals surface area contributed by atoms with Gasteiger partial charge in [0.1, 0.15) is 0 Å². The number of terminal acetylenes is 1. The van der Waals surface area contributed by atoms with E-state index in [4.69, 9.17) is 15.9 Å². The Labute approximate surface area is 160 Å². The summed E-state index contributed by atoms with van der Waals surface area (Å²) in [5.74, 6) is 1.72. The van der Waals surface area contributed by atoms with Crippen LogP contribution in [0.5, 0.6) is 0 Å². The second-order valence-electron chi connectivity index (χ2n) is 6.91. The second-order valence-corrected chi connectivity index (χ2v) is 6.91. The standard InChI is InChI=1S/C22H38O4/c1-4-6-7-8-9-10-11-12-13-14-15-19-25-21(23)17-16-18-22(24)26-20(3)5-2/h2,20H,4,6-19H2,1,3H3. The fraction of sp³-hybridized carbons (Fsp3) is 0.818. The molecule has 0 N–H and O–H groups in total. The lowest BCUT2D eigenvalue weighted by Gasteiger charge is -2.07. The first-order valence-electron chi connectivity index (χ1n) is 10.4. The summed E-state index contributed by atoms with van der Waals surface area (Å²) >= 11 is 0. The smallest absolute Gasteiger partial charge is 0.307 e. The first-order valence-corrected chi connectivity index (χ1v) is 10.4. The van der Waals surface area contributed by atoms with Crippen LogP contribution in [0.15, 0.2) is 0 Å². The van der Waals surface area contributed by atoms with Gasteiger partial charge in [0.25, 0.3) is 0 Å². The molecule has 0 saturated carbocycles. The Bertz CT molecular complexity index is 397. The van der Waals surface area contributed by atoms with Crippen molar-refractivity contribution in [2.24, 2.45) is 0 Å². The largest absolute Gasteiger partial charge is 0.466 e. The number of esters is 2. The van der Waals surface area contributed by atoms with Crippen LogP contribution in [0.25, 0.3) is 0 Å². The van der Waals surface area contributed by atoms with Crippen LogP contribution < -0.4 is 0 Å². The van der Waals surface area contributed by atoms with Crippen LogP contribution in [0.4, 0.5) is 0 Å². The molecule has 150 valence electrons. The average Bonchev–Trinajstić information content (AvgIpc) is 2.62. The maximum Gasteiger partial charge on any atom is 0.307 e. The molecule has 0 fully saturated rings. The maximum absolute atomic E-state index is 11.6. The average molecular weight is 367 g/mol. The molecule has 0 aliphatic rings. The van der Waals surface area contributed by atoms with Crippen LogP contribution >= 0.6 is 0 Å². The molecule has 4 heteroatoms. The normalized spacial score (nSPS) is 11.6. The minimum Gasteiger partial charge on any atom is -0.466 e. The van der Waals surface area contributed by atoms with Gasteiger partial charge in [0, 0.05) is 12.8 Å². The molecule has 0 spiro atoms. The van der Waals surface area contributed by atoms with Crippen LogP contribution in [0, 0.1) is 12.3 Å². The van der Waals surface area contributed by atoms with Gasteiger partial charge in [0.05, 0.1) is 6.61 Å². The number of carbonyl (C=O) groups excluding carboxylic acids is 2. The van der Waals surface area contributed by atoms with Gasteiger partial charge in [-0.1, -0.05) is 77.1 Å². The van der Waals surface area contributed by atoms with Gasteiger partial charge in [-0.15, -0.1) is 6.42 Å². The number of rotatable bonds is 17. The van der Waals surface area contributed by atoms with Gasteiger partial charge in [-0.2, -0.15) is 0 Å². The summed E-state index contributed by atoms with van der Waals surface area (Å²) in [5.41, 5.74) is 0. The van der Waals surface area contributed by atoms with Gasteiger partial charge in [0.2, 0.25) is 0 Å². The lowest BCUT2D eigenvalue weighted by Crippen LogP contribution is -2.13. The Morgan fingerprint density at radius 3 is 1.85 bits per heavy atom. The Balaban J connectivity index is 3.31. The molecule has 0 amide bonds. The summed E-state index contributed by atoms with van der Waals surface area (Å²) in [6.07, 6.45) is 19.5. The summed E-state index contributed by atoms with van der Waals surface area (Å²) in [6, 6.07) is 0. The predicted molar refractivity (Wildman–Crippen MR) is 106 cm³/mol. The van der Waals surface area contributed by atoms with Crippen molar-refractivity contribution in [3.63, 3.8) is 0 Å². The van der Waals surface area contributed by atoms with E-state index in [9.17, 15) is 9.59 Å². The monoisotopic (exact) mass is 366 g/mol. The molecule has 0 saturated heterocycles. The molecule has 1 unspecified atom stereocenters. The number of hydrogen-bond donors (Lipinski definition) is 0. The molecule has 0 aromatic heterocycles. The minimum atomic E-state index is -0.518. The summed E-state index contributed by atoms with van der Waals surface area (Å²) in [5, 5.41) is 0. The molecule has 0 aromatic carbocycles. The third kappa shape index (κ3) is 17.3. The van der Waals surface area contributed by atoms with E-state index in [0.29, 0.717) is 13.0 Å². The van der Waals surface area contributed by atoms with E-state index in [0.717, 1.165) is 12.8 Å². The van der Waals surface area contributed by atoms with Crippen LogP contribution in [-0.4, -0.2) is 24.6 Å². The van der Waals surface area contributed by atoms with Crippen molar-refractivity contribution in [1.29, 1.82) is 0 Å². The molecule has 0 rings (SSSR count). The highest BCUT2D eigenvalue weighted by atomic mass is 16.5.